The molecule has 0 aromatic heterocycles. The Morgan fingerprint density at radius 3 is 2.61 bits per heavy atom. The van der Waals surface area contributed by atoms with Crippen molar-refractivity contribution in [3.63, 3.8) is 0 Å². The van der Waals surface area contributed by atoms with Gasteiger partial charge in [0.05, 0.1) is 6.61 Å². The fraction of sp³-hybridized carbons (Fsp3) is 0.417. The first-order chi connectivity index (χ1) is 8.38. The van der Waals surface area contributed by atoms with Crippen molar-refractivity contribution in [3.05, 3.63) is 29.8 Å². The highest BCUT2D eigenvalue weighted by atomic mass is 19.4. The zero-order valence-electron chi connectivity index (χ0n) is 9.79. The van der Waals surface area contributed by atoms with Gasteiger partial charge in [0.25, 0.3) is 0 Å². The van der Waals surface area contributed by atoms with Gasteiger partial charge in [-0.25, -0.2) is 0 Å². The number of hydrogen-bond acceptors (Lipinski definition) is 3. The lowest BCUT2D eigenvalue weighted by molar-refractivity contribution is -0.175. The largest absolute Gasteiger partial charge is 0.491 e. The lowest BCUT2D eigenvalue weighted by Crippen LogP contribution is -2.19. The van der Waals surface area contributed by atoms with Crippen LogP contribution in [0.3, 0.4) is 0 Å². The Morgan fingerprint density at radius 2 is 2.00 bits per heavy atom. The molecule has 0 bridgehead atoms. The van der Waals surface area contributed by atoms with Crippen molar-refractivity contribution in [2.24, 2.45) is 0 Å². The molecule has 1 aromatic rings. The van der Waals surface area contributed by atoms with Crippen molar-refractivity contribution < 1.29 is 27.4 Å². The summed E-state index contributed by atoms with van der Waals surface area (Å²) in [7, 11) is 0. The minimum atomic E-state index is -4.32. The average molecular weight is 262 g/mol. The fourth-order valence-electron chi connectivity index (χ4n) is 1.21. The van der Waals surface area contributed by atoms with E-state index in [4.69, 9.17) is 4.74 Å². The normalized spacial score (nSPS) is 11.3. The van der Waals surface area contributed by atoms with Crippen LogP contribution in [0.25, 0.3) is 0 Å². The molecule has 0 unspecified atom stereocenters. The van der Waals surface area contributed by atoms with Crippen LogP contribution in [0.2, 0.25) is 0 Å². The van der Waals surface area contributed by atoms with Crippen LogP contribution in [0.5, 0.6) is 5.75 Å². The van der Waals surface area contributed by atoms with Crippen molar-refractivity contribution in [1.82, 2.24) is 0 Å². The van der Waals surface area contributed by atoms with Gasteiger partial charge in [-0.15, -0.1) is 0 Å². The molecule has 3 nitrogen and oxygen atoms in total. The van der Waals surface area contributed by atoms with Crippen molar-refractivity contribution in [2.75, 3.05) is 19.8 Å². The van der Waals surface area contributed by atoms with Gasteiger partial charge in [-0.3, -0.25) is 4.79 Å². The third-order valence-electron chi connectivity index (χ3n) is 2.00. The van der Waals surface area contributed by atoms with Crippen LogP contribution in [-0.2, 0) is 4.74 Å². The number of rotatable bonds is 6. The second-order valence-electron chi connectivity index (χ2n) is 3.60. The summed E-state index contributed by atoms with van der Waals surface area (Å²) in [5.74, 6) is 0.326. The van der Waals surface area contributed by atoms with Crippen molar-refractivity contribution >= 4 is 5.78 Å². The van der Waals surface area contributed by atoms with Gasteiger partial charge in [-0.2, -0.15) is 13.2 Å². The summed E-state index contributed by atoms with van der Waals surface area (Å²) in [5.41, 5.74) is 0.490. The number of halogens is 3. The summed E-state index contributed by atoms with van der Waals surface area (Å²) in [4.78, 5) is 11.1. The Hall–Kier alpha value is -1.56. The maximum Gasteiger partial charge on any atom is 0.411 e. The van der Waals surface area contributed by atoms with Gasteiger partial charge >= 0.3 is 6.18 Å². The number of benzene rings is 1. The number of alkyl halides is 3. The predicted molar refractivity (Wildman–Crippen MR) is 58.8 cm³/mol. The summed E-state index contributed by atoms with van der Waals surface area (Å²) < 4.78 is 44.8. The fourth-order valence-corrected chi connectivity index (χ4v) is 1.21. The molecule has 0 aliphatic rings. The summed E-state index contributed by atoms with van der Waals surface area (Å²) in [5, 5.41) is 0. The Balaban J connectivity index is 2.31. The van der Waals surface area contributed by atoms with Crippen molar-refractivity contribution in [2.45, 2.75) is 13.1 Å². The lowest BCUT2D eigenvalue weighted by atomic mass is 10.1. The first-order valence-electron chi connectivity index (χ1n) is 5.27. The van der Waals surface area contributed by atoms with Crippen LogP contribution in [-0.4, -0.2) is 31.8 Å². The minimum Gasteiger partial charge on any atom is -0.491 e. The molecule has 1 aromatic carbocycles. The molecule has 0 N–H and O–H groups in total. The van der Waals surface area contributed by atoms with Gasteiger partial charge < -0.3 is 9.47 Å². The SMILES string of the molecule is CC(=O)c1cccc(OCCOCC(F)(F)F)c1. The van der Waals surface area contributed by atoms with E-state index in [1.165, 1.54) is 13.0 Å². The molecule has 6 heteroatoms. The van der Waals surface area contributed by atoms with Gasteiger partial charge in [-0.05, 0) is 19.1 Å². The van der Waals surface area contributed by atoms with E-state index >= 15 is 0 Å². The van der Waals surface area contributed by atoms with Crippen molar-refractivity contribution in [3.8, 4) is 5.75 Å². The molecule has 0 radical (unpaired) electrons. The third-order valence-corrected chi connectivity index (χ3v) is 2.00. The summed E-state index contributed by atoms with van der Waals surface area (Å²) in [6, 6.07) is 6.43. The van der Waals surface area contributed by atoms with E-state index in [-0.39, 0.29) is 19.0 Å². The number of ketones is 1. The highest BCUT2D eigenvalue weighted by molar-refractivity contribution is 5.94. The van der Waals surface area contributed by atoms with E-state index in [1.807, 2.05) is 0 Å². The van der Waals surface area contributed by atoms with E-state index in [1.54, 1.807) is 18.2 Å². The molecule has 0 atom stereocenters. The maximum absolute atomic E-state index is 11.7. The Labute approximate surface area is 103 Å². The second kappa shape index (κ2) is 6.39. The number of Topliss-reactive ketones (excluding diaryl/α,β-unsaturated/α-hetero) is 1. The molecule has 1 rings (SSSR count). The van der Waals surface area contributed by atoms with Gasteiger partial charge in [0.2, 0.25) is 0 Å². The molecule has 0 fully saturated rings. The van der Waals surface area contributed by atoms with Crippen LogP contribution in [0.4, 0.5) is 13.2 Å². The van der Waals surface area contributed by atoms with Gasteiger partial charge in [0, 0.05) is 5.56 Å². The molecule has 0 saturated heterocycles. The van der Waals surface area contributed by atoms with Crippen molar-refractivity contribution in [1.29, 1.82) is 0 Å². The quantitative estimate of drug-likeness (QED) is 0.584. The number of carbonyl (C=O) groups excluding carboxylic acids is 1. The van der Waals surface area contributed by atoms with Gasteiger partial charge in [-0.1, -0.05) is 12.1 Å². The summed E-state index contributed by atoms with van der Waals surface area (Å²) in [6.45, 7) is -0.0311. The molecule has 18 heavy (non-hydrogen) atoms. The third kappa shape index (κ3) is 5.67. The predicted octanol–water partition coefficient (Wildman–Crippen LogP) is 2.85. The number of hydrogen-bond donors (Lipinski definition) is 0. The highest BCUT2D eigenvalue weighted by Gasteiger charge is 2.27. The van der Waals surface area contributed by atoms with E-state index < -0.39 is 12.8 Å². The molecule has 0 saturated carbocycles. The standard InChI is InChI=1S/C12H13F3O3/c1-9(16)10-3-2-4-11(7-10)18-6-5-17-8-12(13,14)15/h2-4,7H,5-6,8H2,1H3. The van der Waals surface area contributed by atoms with E-state index in [0.29, 0.717) is 11.3 Å². The molecule has 0 aliphatic carbocycles. The lowest BCUT2D eigenvalue weighted by Gasteiger charge is -2.09. The smallest absolute Gasteiger partial charge is 0.411 e. The van der Waals surface area contributed by atoms with Gasteiger partial charge in [0.15, 0.2) is 5.78 Å². The second-order valence-corrected chi connectivity index (χ2v) is 3.60. The highest BCUT2D eigenvalue weighted by Crippen LogP contribution is 2.15. The van der Waals surface area contributed by atoms with Crippen LogP contribution >= 0.6 is 0 Å². The molecule has 0 amide bonds. The molecule has 0 heterocycles. The Morgan fingerprint density at radius 1 is 1.28 bits per heavy atom. The first kappa shape index (κ1) is 14.5. The zero-order chi connectivity index (χ0) is 13.6. The first-order valence-corrected chi connectivity index (χ1v) is 5.27. The molecule has 100 valence electrons. The molecular formula is C12H13F3O3. The Kier molecular flexibility index (Phi) is 5.15. The number of ether oxygens (including phenoxy) is 2. The topological polar surface area (TPSA) is 35.5 Å². The molecule has 0 aliphatic heterocycles. The van der Waals surface area contributed by atoms with Crippen LogP contribution in [0.1, 0.15) is 17.3 Å². The molecule has 0 spiro atoms. The zero-order valence-corrected chi connectivity index (χ0v) is 9.79. The molecular weight excluding hydrogens is 249 g/mol. The van der Waals surface area contributed by atoms with Crippen LogP contribution in [0.15, 0.2) is 24.3 Å². The monoisotopic (exact) mass is 262 g/mol. The average Bonchev–Trinajstić information content (AvgIpc) is 2.27. The maximum atomic E-state index is 11.7. The van der Waals surface area contributed by atoms with Crippen LogP contribution < -0.4 is 4.74 Å². The Bertz CT molecular complexity index is 402. The van der Waals surface area contributed by atoms with E-state index in [2.05, 4.69) is 4.74 Å². The van der Waals surface area contributed by atoms with Gasteiger partial charge in [0.1, 0.15) is 19.0 Å². The minimum absolute atomic E-state index is 0.00254. The van der Waals surface area contributed by atoms with E-state index in [9.17, 15) is 18.0 Å². The summed E-state index contributed by atoms with van der Waals surface area (Å²) >= 11 is 0. The van der Waals surface area contributed by atoms with E-state index in [0.717, 1.165) is 0 Å². The van der Waals surface area contributed by atoms with Crippen LogP contribution in [0, 0.1) is 0 Å². The number of carbonyl (C=O) groups is 1. The summed E-state index contributed by atoms with van der Waals surface area (Å²) in [6.07, 6.45) is -4.32.